The van der Waals surface area contributed by atoms with Crippen LogP contribution in [0.5, 0.6) is 0 Å². The van der Waals surface area contributed by atoms with Gasteiger partial charge in [-0.1, -0.05) is 12.1 Å². The molecule has 0 spiro atoms. The molecule has 6 nitrogen and oxygen atoms in total. The second-order valence-corrected chi connectivity index (χ2v) is 7.20. The molecule has 1 aromatic carbocycles. The lowest BCUT2D eigenvalue weighted by molar-refractivity contribution is 0.0857. The number of benzene rings is 1. The summed E-state index contributed by atoms with van der Waals surface area (Å²) in [5.74, 6) is -0.322. The number of pyridine rings is 1. The van der Waals surface area contributed by atoms with Crippen molar-refractivity contribution in [3.05, 3.63) is 54.1 Å². The van der Waals surface area contributed by atoms with Gasteiger partial charge in [-0.15, -0.1) is 0 Å². The largest absolute Gasteiger partial charge is 0.376 e. The van der Waals surface area contributed by atoms with Crippen molar-refractivity contribution in [3.63, 3.8) is 0 Å². The number of rotatable bonds is 5. The van der Waals surface area contributed by atoms with E-state index in [1.807, 2.05) is 18.2 Å². The van der Waals surface area contributed by atoms with Crippen LogP contribution in [0.25, 0.3) is 0 Å². The maximum Gasteiger partial charge on any atom is 0.253 e. The molecule has 0 radical (unpaired) electrons. The molecule has 1 aromatic heterocycles. The maximum absolute atomic E-state index is 14.0. The molecule has 1 unspecified atom stereocenters. The smallest absolute Gasteiger partial charge is 0.253 e. The molecule has 2 fully saturated rings. The van der Waals surface area contributed by atoms with Gasteiger partial charge in [-0.2, -0.15) is 0 Å². The highest BCUT2D eigenvalue weighted by Gasteiger charge is 2.21. The lowest BCUT2D eigenvalue weighted by Gasteiger charge is -2.37. The molecule has 4 rings (SSSR count). The summed E-state index contributed by atoms with van der Waals surface area (Å²) in [5, 5.41) is 2.93. The van der Waals surface area contributed by atoms with Crippen LogP contribution in [0.4, 0.5) is 15.8 Å². The van der Waals surface area contributed by atoms with Crippen molar-refractivity contribution in [2.75, 3.05) is 49.1 Å². The number of halogens is 1. The van der Waals surface area contributed by atoms with Gasteiger partial charge in [-0.3, -0.25) is 9.78 Å². The molecule has 1 N–H and O–H groups in total. The lowest BCUT2D eigenvalue weighted by atomic mass is 10.2. The second-order valence-electron chi connectivity index (χ2n) is 7.20. The van der Waals surface area contributed by atoms with E-state index >= 15 is 0 Å². The quantitative estimate of drug-likeness (QED) is 0.858. The lowest BCUT2D eigenvalue weighted by Crippen LogP contribution is -2.47. The van der Waals surface area contributed by atoms with Gasteiger partial charge in [0.25, 0.3) is 5.91 Å². The van der Waals surface area contributed by atoms with Gasteiger partial charge >= 0.3 is 0 Å². The Morgan fingerprint density at radius 2 is 1.96 bits per heavy atom. The first-order valence-electron chi connectivity index (χ1n) is 9.80. The first-order valence-corrected chi connectivity index (χ1v) is 9.80. The summed E-state index contributed by atoms with van der Waals surface area (Å²) in [6.45, 7) is 4.24. The van der Waals surface area contributed by atoms with Crippen LogP contribution in [-0.2, 0) is 4.74 Å². The standard InChI is InChI=1S/C21H25FN4O2/c22-19-5-1-2-6-20(19)26-9-7-25(8-10-26)17-12-16(13-23-14-17)21(27)24-15-18-4-3-11-28-18/h1-2,5-6,12-14,18H,3-4,7-11,15H2,(H,24,27). The predicted octanol–water partition coefficient (Wildman–Crippen LogP) is 2.46. The molecule has 2 aliphatic heterocycles. The second kappa shape index (κ2) is 8.56. The van der Waals surface area contributed by atoms with Crippen molar-refractivity contribution >= 4 is 17.3 Å². The van der Waals surface area contributed by atoms with Crippen molar-refractivity contribution in [2.24, 2.45) is 0 Å². The third-order valence-electron chi connectivity index (χ3n) is 5.34. The molecule has 2 saturated heterocycles. The average Bonchev–Trinajstić information content (AvgIpc) is 3.26. The summed E-state index contributed by atoms with van der Waals surface area (Å²) in [6.07, 6.45) is 5.52. The Bertz CT molecular complexity index is 818. The van der Waals surface area contributed by atoms with Gasteiger partial charge in [0.05, 0.1) is 29.2 Å². The Labute approximate surface area is 164 Å². The van der Waals surface area contributed by atoms with E-state index in [1.54, 1.807) is 18.5 Å². The van der Waals surface area contributed by atoms with Gasteiger partial charge in [0.15, 0.2) is 0 Å². The fourth-order valence-corrected chi connectivity index (χ4v) is 3.75. The Hall–Kier alpha value is -2.67. The van der Waals surface area contributed by atoms with Gasteiger partial charge in [0.1, 0.15) is 5.82 Å². The molecule has 7 heteroatoms. The van der Waals surface area contributed by atoms with Gasteiger partial charge in [-0.25, -0.2) is 4.39 Å². The number of ether oxygens (including phenoxy) is 1. The third kappa shape index (κ3) is 4.25. The van der Waals surface area contributed by atoms with Crippen molar-refractivity contribution < 1.29 is 13.9 Å². The van der Waals surface area contributed by atoms with Crippen LogP contribution in [0, 0.1) is 5.82 Å². The molecule has 148 valence electrons. The van der Waals surface area contributed by atoms with E-state index in [1.165, 1.54) is 6.07 Å². The van der Waals surface area contributed by atoms with Crippen LogP contribution < -0.4 is 15.1 Å². The fraction of sp³-hybridized carbons (Fsp3) is 0.429. The van der Waals surface area contributed by atoms with Gasteiger partial charge in [0.2, 0.25) is 0 Å². The first-order chi connectivity index (χ1) is 13.7. The van der Waals surface area contributed by atoms with Crippen molar-refractivity contribution in [1.29, 1.82) is 0 Å². The molecule has 2 aliphatic rings. The normalized spacial score (nSPS) is 19.7. The zero-order chi connectivity index (χ0) is 19.3. The Morgan fingerprint density at radius 1 is 1.18 bits per heavy atom. The fourth-order valence-electron chi connectivity index (χ4n) is 3.75. The Morgan fingerprint density at radius 3 is 2.71 bits per heavy atom. The van der Waals surface area contributed by atoms with Crippen LogP contribution in [-0.4, -0.2) is 56.3 Å². The summed E-state index contributed by atoms with van der Waals surface area (Å²) in [7, 11) is 0. The number of aromatic nitrogens is 1. The molecule has 28 heavy (non-hydrogen) atoms. The van der Waals surface area contributed by atoms with E-state index in [2.05, 4.69) is 20.1 Å². The SMILES string of the molecule is O=C(NCC1CCCO1)c1cncc(N2CCN(c3ccccc3F)CC2)c1. The maximum atomic E-state index is 14.0. The zero-order valence-electron chi connectivity index (χ0n) is 15.8. The van der Waals surface area contributed by atoms with E-state index in [9.17, 15) is 9.18 Å². The number of para-hydroxylation sites is 1. The van der Waals surface area contributed by atoms with Crippen molar-refractivity contribution in [2.45, 2.75) is 18.9 Å². The highest BCUT2D eigenvalue weighted by molar-refractivity contribution is 5.94. The number of anilines is 2. The van der Waals surface area contributed by atoms with Crippen LogP contribution in [0.15, 0.2) is 42.7 Å². The monoisotopic (exact) mass is 384 g/mol. The highest BCUT2D eigenvalue weighted by Crippen LogP contribution is 2.23. The Balaban J connectivity index is 1.35. The van der Waals surface area contributed by atoms with Crippen LogP contribution in [0.2, 0.25) is 0 Å². The molecule has 0 saturated carbocycles. The number of carbonyl (C=O) groups is 1. The van der Waals surface area contributed by atoms with E-state index in [4.69, 9.17) is 4.74 Å². The number of nitrogens with one attached hydrogen (secondary N) is 1. The molecule has 1 amide bonds. The number of amides is 1. The number of piperazine rings is 1. The summed E-state index contributed by atoms with van der Waals surface area (Å²) in [6, 6.07) is 8.73. The van der Waals surface area contributed by atoms with E-state index in [-0.39, 0.29) is 17.8 Å². The Kier molecular flexibility index (Phi) is 5.71. The van der Waals surface area contributed by atoms with Gasteiger partial charge < -0.3 is 19.9 Å². The summed E-state index contributed by atoms with van der Waals surface area (Å²) >= 11 is 0. The van der Waals surface area contributed by atoms with Gasteiger partial charge in [0, 0.05) is 45.5 Å². The number of hydrogen-bond acceptors (Lipinski definition) is 5. The minimum absolute atomic E-state index is 0.117. The highest BCUT2D eigenvalue weighted by atomic mass is 19.1. The minimum atomic E-state index is -0.192. The summed E-state index contributed by atoms with van der Waals surface area (Å²) in [4.78, 5) is 20.9. The predicted molar refractivity (Wildman–Crippen MR) is 106 cm³/mol. The van der Waals surface area contributed by atoms with Crippen LogP contribution in [0.1, 0.15) is 23.2 Å². The molecule has 0 bridgehead atoms. The molecule has 2 aromatic rings. The molecule has 3 heterocycles. The number of nitrogens with zero attached hydrogens (tertiary/aromatic N) is 3. The van der Waals surface area contributed by atoms with Crippen molar-refractivity contribution in [3.8, 4) is 0 Å². The summed E-state index contributed by atoms with van der Waals surface area (Å²) in [5.41, 5.74) is 2.10. The number of hydrogen-bond donors (Lipinski definition) is 1. The molecule has 0 aliphatic carbocycles. The number of carbonyl (C=O) groups excluding carboxylic acids is 1. The molecular formula is C21H25FN4O2. The van der Waals surface area contributed by atoms with Gasteiger partial charge in [-0.05, 0) is 31.0 Å². The average molecular weight is 384 g/mol. The van der Waals surface area contributed by atoms with E-state index in [0.717, 1.165) is 51.3 Å². The molecular weight excluding hydrogens is 359 g/mol. The summed E-state index contributed by atoms with van der Waals surface area (Å²) < 4.78 is 19.5. The van der Waals surface area contributed by atoms with Crippen molar-refractivity contribution in [1.82, 2.24) is 10.3 Å². The molecule has 1 atom stereocenters. The first kappa shape index (κ1) is 18.7. The van der Waals surface area contributed by atoms with Crippen LogP contribution in [0.3, 0.4) is 0 Å². The topological polar surface area (TPSA) is 57.7 Å². The van der Waals surface area contributed by atoms with E-state index < -0.39 is 0 Å². The third-order valence-corrected chi connectivity index (χ3v) is 5.34. The zero-order valence-corrected chi connectivity index (χ0v) is 15.8. The minimum Gasteiger partial charge on any atom is -0.376 e. The van der Waals surface area contributed by atoms with E-state index in [0.29, 0.717) is 17.8 Å². The van der Waals surface area contributed by atoms with Crippen LogP contribution >= 0.6 is 0 Å².